The van der Waals surface area contributed by atoms with Crippen molar-refractivity contribution in [3.05, 3.63) is 59.6 Å². The molecule has 0 amide bonds. The topological polar surface area (TPSA) is 21.7 Å². The van der Waals surface area contributed by atoms with Crippen molar-refractivity contribution in [1.82, 2.24) is 4.67 Å². The molecule has 0 N–H and O–H groups in total. The third-order valence-corrected chi connectivity index (χ3v) is 7.84. The van der Waals surface area contributed by atoms with E-state index in [1.807, 2.05) is 54.6 Å². The maximum atomic E-state index is 6.32. The van der Waals surface area contributed by atoms with Crippen LogP contribution in [0, 0.1) is 0 Å². The molecule has 0 aromatic heterocycles. The molecule has 0 aliphatic carbocycles. The van der Waals surface area contributed by atoms with E-state index in [0.29, 0.717) is 18.2 Å². The van der Waals surface area contributed by atoms with Gasteiger partial charge in [0.05, 0.1) is 13.2 Å². The molecule has 1 heterocycles. The van der Waals surface area contributed by atoms with E-state index in [4.69, 9.17) is 32.7 Å². The van der Waals surface area contributed by atoms with E-state index in [9.17, 15) is 0 Å². The smallest absolute Gasteiger partial charge is 0.210 e. The first-order valence-corrected chi connectivity index (χ1v) is 10.2. The Morgan fingerprint density at radius 1 is 1.00 bits per heavy atom. The van der Waals surface area contributed by atoms with E-state index in [2.05, 4.69) is 4.67 Å². The molecular weight excluding hydrogens is 337 g/mol. The summed E-state index contributed by atoms with van der Waals surface area (Å²) >= 11 is 12.0. The number of rotatable bonds is 4. The van der Waals surface area contributed by atoms with Gasteiger partial charge in [0, 0.05) is 23.4 Å². The van der Waals surface area contributed by atoms with Gasteiger partial charge in [0.15, 0.2) is 0 Å². The predicted molar refractivity (Wildman–Crippen MR) is 94.8 cm³/mol. The van der Waals surface area contributed by atoms with Crippen LogP contribution in [0.2, 0.25) is 5.02 Å². The minimum atomic E-state index is -2.34. The van der Waals surface area contributed by atoms with Crippen LogP contribution in [0.25, 0.3) is 0 Å². The first-order chi connectivity index (χ1) is 10.7. The summed E-state index contributed by atoms with van der Waals surface area (Å²) in [6, 6.07) is 17.5. The van der Waals surface area contributed by atoms with Crippen LogP contribution in [0.3, 0.4) is 0 Å². The molecule has 2 aromatic carbocycles. The minimum Gasteiger partial charge on any atom is -0.449 e. The van der Waals surface area contributed by atoms with Gasteiger partial charge in [-0.25, -0.2) is 4.67 Å². The number of morpholine rings is 1. The highest BCUT2D eigenvalue weighted by atomic mass is 35.5. The Morgan fingerprint density at radius 3 is 2.27 bits per heavy atom. The van der Waals surface area contributed by atoms with E-state index in [0.717, 1.165) is 24.1 Å². The minimum absolute atomic E-state index is 0.687. The summed E-state index contributed by atoms with van der Waals surface area (Å²) in [5.74, 6) is 0.753. The van der Waals surface area contributed by atoms with Crippen LogP contribution in [-0.4, -0.2) is 31.0 Å². The number of hydrogen-bond donors (Lipinski definition) is 0. The van der Waals surface area contributed by atoms with E-state index in [1.54, 1.807) is 0 Å². The Morgan fingerprint density at radius 2 is 1.64 bits per heavy atom. The molecular formula is C16H17ClNO2PS. The second-order valence-corrected chi connectivity index (χ2v) is 9.19. The van der Waals surface area contributed by atoms with Crippen molar-refractivity contribution in [2.45, 2.75) is 0 Å². The van der Waals surface area contributed by atoms with Gasteiger partial charge in [0.2, 0.25) is 6.42 Å². The maximum Gasteiger partial charge on any atom is 0.210 e. The zero-order chi connectivity index (χ0) is 15.4. The molecule has 1 fully saturated rings. The van der Waals surface area contributed by atoms with Crippen molar-refractivity contribution in [3.63, 3.8) is 0 Å². The van der Waals surface area contributed by atoms with Crippen molar-refractivity contribution in [1.29, 1.82) is 0 Å². The summed E-state index contributed by atoms with van der Waals surface area (Å²) in [5, 5.41) is 1.74. The predicted octanol–water partition coefficient (Wildman–Crippen LogP) is 3.69. The van der Waals surface area contributed by atoms with E-state index in [1.165, 1.54) is 0 Å². The lowest BCUT2D eigenvalue weighted by Gasteiger charge is -2.37. The summed E-state index contributed by atoms with van der Waals surface area (Å²) in [5.41, 5.74) is 0. The van der Waals surface area contributed by atoms with Gasteiger partial charge in [0.25, 0.3) is 0 Å². The number of halogens is 1. The molecule has 3 rings (SSSR count). The fourth-order valence-electron chi connectivity index (χ4n) is 2.35. The number of benzene rings is 2. The third-order valence-electron chi connectivity index (χ3n) is 3.49. The lowest BCUT2D eigenvalue weighted by atomic mass is 10.3. The van der Waals surface area contributed by atoms with Gasteiger partial charge in [-0.1, -0.05) is 29.8 Å². The van der Waals surface area contributed by atoms with Crippen molar-refractivity contribution in [2.75, 3.05) is 26.3 Å². The molecule has 0 spiro atoms. The Hall–Kier alpha value is -0.900. The molecule has 1 atom stereocenters. The van der Waals surface area contributed by atoms with Crippen LogP contribution < -0.4 is 9.83 Å². The van der Waals surface area contributed by atoms with E-state index in [-0.39, 0.29) is 0 Å². The molecule has 0 radical (unpaired) electrons. The van der Waals surface area contributed by atoms with Crippen LogP contribution in [0.4, 0.5) is 0 Å². The molecule has 1 aliphatic heterocycles. The van der Waals surface area contributed by atoms with E-state index >= 15 is 0 Å². The van der Waals surface area contributed by atoms with Crippen LogP contribution in [0.1, 0.15) is 0 Å². The van der Waals surface area contributed by atoms with Gasteiger partial charge in [-0.2, -0.15) is 0 Å². The molecule has 1 aliphatic rings. The van der Waals surface area contributed by atoms with E-state index < -0.39 is 6.42 Å². The normalized spacial score (nSPS) is 18.6. The monoisotopic (exact) mass is 353 g/mol. The number of hydrogen-bond acceptors (Lipinski definition) is 3. The second-order valence-electron chi connectivity index (χ2n) is 4.97. The molecule has 6 heteroatoms. The number of nitrogens with zero attached hydrogens (tertiary/aromatic N) is 1. The van der Waals surface area contributed by atoms with Crippen molar-refractivity contribution < 1.29 is 9.26 Å². The van der Waals surface area contributed by atoms with Crippen molar-refractivity contribution in [3.8, 4) is 5.75 Å². The quantitative estimate of drug-likeness (QED) is 0.781. The van der Waals surface area contributed by atoms with Gasteiger partial charge in [-0.05, 0) is 48.2 Å². The largest absolute Gasteiger partial charge is 0.449 e. The third kappa shape index (κ3) is 3.53. The summed E-state index contributed by atoms with van der Waals surface area (Å²) in [6.07, 6.45) is -2.34. The first kappa shape index (κ1) is 16.0. The Bertz CT molecular complexity index is 660. The van der Waals surface area contributed by atoms with Crippen molar-refractivity contribution in [2.24, 2.45) is 0 Å². The Labute approximate surface area is 140 Å². The van der Waals surface area contributed by atoms with Crippen molar-refractivity contribution >= 4 is 35.1 Å². The average Bonchev–Trinajstić information content (AvgIpc) is 2.58. The molecule has 1 saturated heterocycles. The highest BCUT2D eigenvalue weighted by Crippen LogP contribution is 2.50. The Balaban J connectivity index is 1.95. The molecule has 116 valence electrons. The van der Waals surface area contributed by atoms with Gasteiger partial charge >= 0.3 is 0 Å². The summed E-state index contributed by atoms with van der Waals surface area (Å²) in [4.78, 5) is 0. The highest BCUT2D eigenvalue weighted by molar-refractivity contribution is 8.14. The van der Waals surface area contributed by atoms with Crippen LogP contribution in [-0.2, 0) is 16.5 Å². The maximum absolute atomic E-state index is 6.32. The summed E-state index contributed by atoms with van der Waals surface area (Å²) < 4.78 is 14.0. The van der Waals surface area contributed by atoms with Gasteiger partial charge in [-0.3, -0.25) is 0 Å². The molecule has 0 saturated carbocycles. The SMILES string of the molecule is S=P(Oc1ccc(Cl)cc1)(c1ccccc1)N1CCOCC1. The molecule has 3 nitrogen and oxygen atoms in total. The Kier molecular flexibility index (Phi) is 5.17. The molecule has 1 unspecified atom stereocenters. The highest BCUT2D eigenvalue weighted by Gasteiger charge is 2.31. The van der Waals surface area contributed by atoms with Crippen LogP contribution in [0.15, 0.2) is 54.6 Å². The first-order valence-electron chi connectivity index (χ1n) is 7.12. The molecule has 22 heavy (non-hydrogen) atoms. The van der Waals surface area contributed by atoms with Crippen LogP contribution in [0.5, 0.6) is 5.75 Å². The molecule has 0 bridgehead atoms. The van der Waals surface area contributed by atoms with Gasteiger partial charge in [-0.15, -0.1) is 0 Å². The lowest BCUT2D eigenvalue weighted by Crippen LogP contribution is -2.38. The van der Waals surface area contributed by atoms with Crippen LogP contribution >= 0.6 is 18.0 Å². The lowest BCUT2D eigenvalue weighted by molar-refractivity contribution is 0.0725. The van der Waals surface area contributed by atoms with Gasteiger partial charge in [0.1, 0.15) is 5.75 Å². The number of ether oxygens (including phenoxy) is 1. The fourth-order valence-corrected chi connectivity index (χ4v) is 5.78. The average molecular weight is 354 g/mol. The summed E-state index contributed by atoms with van der Waals surface area (Å²) in [6.45, 7) is 2.96. The molecule has 2 aromatic rings. The summed E-state index contributed by atoms with van der Waals surface area (Å²) in [7, 11) is 0. The fraction of sp³-hybridized carbons (Fsp3) is 0.250. The standard InChI is InChI=1S/C16H17ClNO2PS/c17-14-6-8-15(9-7-14)20-21(22,16-4-2-1-3-5-16)18-10-12-19-13-11-18/h1-9H,10-13H2. The second kappa shape index (κ2) is 7.12. The van der Waals surface area contributed by atoms with Gasteiger partial charge < -0.3 is 9.26 Å². The zero-order valence-electron chi connectivity index (χ0n) is 12.0. The zero-order valence-corrected chi connectivity index (χ0v) is 14.5.